The van der Waals surface area contributed by atoms with Gasteiger partial charge in [0.05, 0.1) is 12.2 Å². The zero-order valence-electron chi connectivity index (χ0n) is 9.22. The molecule has 0 aromatic rings. The molecule has 0 spiro atoms. The molecule has 86 valence electrons. The zero-order chi connectivity index (χ0) is 10.9. The molecule has 0 aromatic carbocycles. The van der Waals surface area contributed by atoms with Crippen molar-refractivity contribution >= 4 is 5.97 Å². The second kappa shape index (κ2) is 2.70. The summed E-state index contributed by atoms with van der Waals surface area (Å²) in [5.41, 5.74) is -0.198. The SMILES string of the molecule is C=CC(=O)OC12CCC(C1)C1CC3OC3C12. The predicted octanol–water partition coefficient (Wildman–Crippen LogP) is 1.67. The summed E-state index contributed by atoms with van der Waals surface area (Å²) in [7, 11) is 0. The highest BCUT2D eigenvalue weighted by Gasteiger charge is 2.71. The van der Waals surface area contributed by atoms with Crippen molar-refractivity contribution in [1.82, 2.24) is 0 Å². The van der Waals surface area contributed by atoms with E-state index in [1.165, 1.54) is 18.9 Å². The summed E-state index contributed by atoms with van der Waals surface area (Å²) in [6.07, 6.45) is 6.69. The quantitative estimate of drug-likeness (QED) is 0.403. The number of fused-ring (bicyclic) bond motifs is 7. The van der Waals surface area contributed by atoms with Gasteiger partial charge in [-0.25, -0.2) is 4.79 Å². The lowest BCUT2D eigenvalue weighted by Crippen LogP contribution is -2.41. The Morgan fingerprint density at radius 1 is 1.56 bits per heavy atom. The normalized spacial score (nSPS) is 55.6. The maximum absolute atomic E-state index is 11.5. The minimum Gasteiger partial charge on any atom is -0.456 e. The van der Waals surface area contributed by atoms with Crippen LogP contribution in [-0.2, 0) is 14.3 Å². The van der Waals surface area contributed by atoms with E-state index in [2.05, 4.69) is 6.58 Å². The van der Waals surface area contributed by atoms with Crippen LogP contribution in [0.5, 0.6) is 0 Å². The largest absolute Gasteiger partial charge is 0.456 e. The number of esters is 1. The van der Waals surface area contributed by atoms with E-state index in [4.69, 9.17) is 9.47 Å². The van der Waals surface area contributed by atoms with Gasteiger partial charge in [-0.15, -0.1) is 0 Å². The molecule has 2 bridgehead atoms. The van der Waals surface area contributed by atoms with Crippen LogP contribution >= 0.6 is 0 Å². The molecule has 0 aromatic heterocycles. The van der Waals surface area contributed by atoms with Crippen molar-refractivity contribution in [1.29, 1.82) is 0 Å². The van der Waals surface area contributed by atoms with Gasteiger partial charge in [0.2, 0.25) is 0 Å². The lowest BCUT2D eigenvalue weighted by atomic mass is 9.78. The molecule has 3 saturated carbocycles. The fourth-order valence-electron chi connectivity index (χ4n) is 4.64. The van der Waals surface area contributed by atoms with Crippen molar-refractivity contribution in [3.8, 4) is 0 Å². The lowest BCUT2D eigenvalue weighted by molar-refractivity contribution is -0.159. The zero-order valence-corrected chi connectivity index (χ0v) is 9.22. The molecule has 3 nitrogen and oxygen atoms in total. The first-order valence-electron chi connectivity index (χ1n) is 6.24. The molecule has 1 heterocycles. The Balaban J connectivity index is 1.66. The van der Waals surface area contributed by atoms with E-state index in [-0.39, 0.29) is 11.6 Å². The van der Waals surface area contributed by atoms with Crippen LogP contribution in [0.25, 0.3) is 0 Å². The van der Waals surface area contributed by atoms with Gasteiger partial charge in [-0.1, -0.05) is 6.58 Å². The minimum atomic E-state index is -0.259. The smallest absolute Gasteiger partial charge is 0.330 e. The summed E-state index contributed by atoms with van der Waals surface area (Å²) in [6.45, 7) is 3.49. The fraction of sp³-hybridized carbons (Fsp3) is 0.769. The van der Waals surface area contributed by atoms with Crippen molar-refractivity contribution in [3.05, 3.63) is 12.7 Å². The van der Waals surface area contributed by atoms with E-state index < -0.39 is 0 Å². The maximum atomic E-state index is 11.5. The van der Waals surface area contributed by atoms with E-state index in [9.17, 15) is 4.79 Å². The molecule has 1 saturated heterocycles. The van der Waals surface area contributed by atoms with Gasteiger partial charge in [0, 0.05) is 12.0 Å². The Bertz CT molecular complexity index is 377. The first-order valence-corrected chi connectivity index (χ1v) is 6.24. The second-order valence-electron chi connectivity index (χ2n) is 5.76. The summed E-state index contributed by atoms with van der Waals surface area (Å²) in [4.78, 5) is 11.5. The average molecular weight is 220 g/mol. The molecular formula is C13H16O3. The molecule has 6 atom stereocenters. The van der Waals surface area contributed by atoms with Crippen LogP contribution < -0.4 is 0 Å². The van der Waals surface area contributed by atoms with E-state index in [0.717, 1.165) is 24.7 Å². The third-order valence-corrected chi connectivity index (χ3v) is 5.17. The Hall–Kier alpha value is -0.830. The minimum absolute atomic E-state index is 0.198. The van der Waals surface area contributed by atoms with Crippen molar-refractivity contribution in [2.75, 3.05) is 0 Å². The molecule has 4 fully saturated rings. The third kappa shape index (κ3) is 0.956. The van der Waals surface area contributed by atoms with Crippen molar-refractivity contribution in [2.45, 2.75) is 43.5 Å². The van der Waals surface area contributed by atoms with Gasteiger partial charge in [0.15, 0.2) is 0 Å². The van der Waals surface area contributed by atoms with Crippen molar-refractivity contribution in [2.24, 2.45) is 17.8 Å². The Morgan fingerprint density at radius 2 is 2.44 bits per heavy atom. The number of epoxide rings is 1. The number of carbonyl (C=O) groups is 1. The van der Waals surface area contributed by atoms with Gasteiger partial charge in [0.25, 0.3) is 0 Å². The highest BCUT2D eigenvalue weighted by molar-refractivity contribution is 5.81. The number of carbonyl (C=O) groups excluding carboxylic acids is 1. The molecule has 4 rings (SSSR count). The summed E-state index contributed by atoms with van der Waals surface area (Å²) in [5, 5.41) is 0. The van der Waals surface area contributed by atoms with Crippen LogP contribution in [0.1, 0.15) is 25.7 Å². The maximum Gasteiger partial charge on any atom is 0.330 e. The van der Waals surface area contributed by atoms with Gasteiger partial charge in [-0.2, -0.15) is 0 Å². The summed E-state index contributed by atoms with van der Waals surface area (Å²) in [6, 6.07) is 0. The van der Waals surface area contributed by atoms with Crippen molar-refractivity contribution < 1.29 is 14.3 Å². The molecule has 0 N–H and O–H groups in total. The van der Waals surface area contributed by atoms with Crippen molar-refractivity contribution in [3.63, 3.8) is 0 Å². The molecule has 3 aliphatic carbocycles. The van der Waals surface area contributed by atoms with Gasteiger partial charge >= 0.3 is 5.97 Å². The monoisotopic (exact) mass is 220 g/mol. The summed E-state index contributed by atoms with van der Waals surface area (Å²) < 4.78 is 11.4. The molecule has 0 amide bonds. The van der Waals surface area contributed by atoms with Crippen LogP contribution in [0.2, 0.25) is 0 Å². The highest BCUT2D eigenvalue weighted by Crippen LogP contribution is 2.67. The molecule has 6 unspecified atom stereocenters. The summed E-state index contributed by atoms with van der Waals surface area (Å²) in [5.74, 6) is 1.76. The summed E-state index contributed by atoms with van der Waals surface area (Å²) >= 11 is 0. The second-order valence-corrected chi connectivity index (χ2v) is 5.76. The van der Waals surface area contributed by atoms with Crippen LogP contribution in [0.4, 0.5) is 0 Å². The van der Waals surface area contributed by atoms with Crippen LogP contribution in [0, 0.1) is 17.8 Å². The first kappa shape index (κ1) is 9.23. The third-order valence-electron chi connectivity index (χ3n) is 5.17. The first-order chi connectivity index (χ1) is 7.73. The number of hydrogen-bond donors (Lipinski definition) is 0. The molecule has 0 radical (unpaired) electrons. The van der Waals surface area contributed by atoms with E-state index in [1.807, 2.05) is 0 Å². The van der Waals surface area contributed by atoms with Crippen LogP contribution in [0.15, 0.2) is 12.7 Å². The Morgan fingerprint density at radius 3 is 3.25 bits per heavy atom. The molecule has 16 heavy (non-hydrogen) atoms. The standard InChI is InChI=1S/C13H16O3/c1-2-10(14)16-13-4-3-7(6-13)8-5-9-12(15-9)11(8)13/h2,7-9,11-12H,1,3-6H2. The van der Waals surface area contributed by atoms with Crippen LogP contribution in [0.3, 0.4) is 0 Å². The van der Waals surface area contributed by atoms with Gasteiger partial charge in [0.1, 0.15) is 5.60 Å². The molecule has 3 heteroatoms. The number of ether oxygens (including phenoxy) is 2. The van der Waals surface area contributed by atoms with Crippen LogP contribution in [-0.4, -0.2) is 23.8 Å². The van der Waals surface area contributed by atoms with Gasteiger partial charge < -0.3 is 9.47 Å². The Labute approximate surface area is 94.8 Å². The molecule has 1 aliphatic heterocycles. The van der Waals surface area contributed by atoms with Gasteiger partial charge in [-0.05, 0) is 37.5 Å². The number of rotatable bonds is 2. The average Bonchev–Trinajstić information content (AvgIpc) is 2.69. The molecular weight excluding hydrogens is 204 g/mol. The van der Waals surface area contributed by atoms with E-state index in [1.54, 1.807) is 0 Å². The highest BCUT2D eigenvalue weighted by atomic mass is 16.6. The topological polar surface area (TPSA) is 38.8 Å². The molecule has 4 aliphatic rings. The Kier molecular flexibility index (Phi) is 1.56. The lowest BCUT2D eigenvalue weighted by Gasteiger charge is -2.35. The van der Waals surface area contributed by atoms with E-state index >= 15 is 0 Å². The number of hydrogen-bond acceptors (Lipinski definition) is 3. The predicted molar refractivity (Wildman–Crippen MR) is 56.6 cm³/mol. The van der Waals surface area contributed by atoms with E-state index in [0.29, 0.717) is 18.1 Å². The fourth-order valence-corrected chi connectivity index (χ4v) is 4.64. The van der Waals surface area contributed by atoms with Gasteiger partial charge in [-0.3, -0.25) is 0 Å².